The number of amides is 1. The zero-order valence-electron chi connectivity index (χ0n) is 17.6. The molecule has 0 aliphatic carbocycles. The Labute approximate surface area is 183 Å². The van der Waals surface area contributed by atoms with E-state index < -0.39 is 15.9 Å². The van der Waals surface area contributed by atoms with E-state index in [9.17, 15) is 13.2 Å². The quantitative estimate of drug-likeness (QED) is 0.635. The van der Waals surface area contributed by atoms with Crippen molar-refractivity contribution in [1.82, 2.24) is 4.90 Å². The number of carbonyl (C=O) groups excluding carboxylic acids is 1. The molecule has 1 saturated heterocycles. The van der Waals surface area contributed by atoms with E-state index in [4.69, 9.17) is 16.3 Å². The Balaban J connectivity index is 1.80. The van der Waals surface area contributed by atoms with Gasteiger partial charge in [-0.3, -0.25) is 4.79 Å². The summed E-state index contributed by atoms with van der Waals surface area (Å²) in [5, 5.41) is 0.634. The van der Waals surface area contributed by atoms with Crippen LogP contribution in [0.4, 0.5) is 0 Å². The smallest absolute Gasteiger partial charge is 0.263 e. The maximum absolute atomic E-state index is 13.3. The van der Waals surface area contributed by atoms with Gasteiger partial charge in [0.2, 0.25) is 0 Å². The van der Waals surface area contributed by atoms with Crippen molar-refractivity contribution in [2.75, 3.05) is 11.5 Å². The second kappa shape index (κ2) is 9.40. The molecule has 0 aromatic heterocycles. The van der Waals surface area contributed by atoms with Crippen molar-refractivity contribution in [3.63, 3.8) is 0 Å². The van der Waals surface area contributed by atoms with Gasteiger partial charge in [0, 0.05) is 17.6 Å². The number of rotatable bonds is 7. The van der Waals surface area contributed by atoms with Crippen LogP contribution in [0, 0.1) is 6.92 Å². The van der Waals surface area contributed by atoms with Gasteiger partial charge in [-0.2, -0.15) is 0 Å². The van der Waals surface area contributed by atoms with E-state index in [1.165, 1.54) is 5.56 Å². The Morgan fingerprint density at radius 3 is 2.43 bits per heavy atom. The standard InChI is InChI=1S/C23H28ClNO4S/c1-4-18-5-7-19(8-6-18)14-25(20-11-12-30(27,28)15-20)23(26)17(3)29-21-9-10-22(24)16(2)13-21/h5-10,13,17,20H,4,11-12,14-15H2,1-3H3. The molecule has 2 unspecified atom stereocenters. The summed E-state index contributed by atoms with van der Waals surface area (Å²) < 4.78 is 30.0. The molecule has 1 aliphatic heterocycles. The van der Waals surface area contributed by atoms with Crippen LogP contribution in [0.5, 0.6) is 5.75 Å². The molecule has 2 aromatic rings. The fraction of sp³-hybridized carbons (Fsp3) is 0.435. The van der Waals surface area contributed by atoms with Crippen LogP contribution in [-0.4, -0.2) is 42.9 Å². The summed E-state index contributed by atoms with van der Waals surface area (Å²) >= 11 is 6.07. The Kier molecular flexibility index (Phi) is 7.09. The average Bonchev–Trinajstić information content (AvgIpc) is 3.08. The molecule has 0 N–H and O–H groups in total. The Hall–Kier alpha value is -2.05. The summed E-state index contributed by atoms with van der Waals surface area (Å²) in [6, 6.07) is 13.0. The lowest BCUT2D eigenvalue weighted by molar-refractivity contribution is -0.140. The summed E-state index contributed by atoms with van der Waals surface area (Å²) in [6.07, 6.45) is 0.645. The second-order valence-electron chi connectivity index (χ2n) is 7.86. The van der Waals surface area contributed by atoms with Gasteiger partial charge in [0.1, 0.15) is 5.75 Å². The van der Waals surface area contributed by atoms with Crippen LogP contribution in [0.15, 0.2) is 42.5 Å². The number of ether oxygens (including phenoxy) is 1. The molecule has 162 valence electrons. The van der Waals surface area contributed by atoms with Crippen LogP contribution >= 0.6 is 11.6 Å². The first-order valence-corrected chi connectivity index (χ1v) is 12.4. The number of aryl methyl sites for hydroxylation is 2. The van der Waals surface area contributed by atoms with E-state index in [1.807, 2.05) is 31.2 Å². The monoisotopic (exact) mass is 449 g/mol. The fourth-order valence-electron chi connectivity index (χ4n) is 3.66. The molecule has 2 aromatic carbocycles. The van der Waals surface area contributed by atoms with E-state index in [-0.39, 0.29) is 23.5 Å². The zero-order chi connectivity index (χ0) is 21.9. The third-order valence-corrected chi connectivity index (χ3v) is 7.68. The van der Waals surface area contributed by atoms with Crippen molar-refractivity contribution < 1.29 is 17.9 Å². The van der Waals surface area contributed by atoms with E-state index in [2.05, 4.69) is 6.92 Å². The molecule has 0 saturated carbocycles. The number of carbonyl (C=O) groups is 1. The van der Waals surface area contributed by atoms with Crippen molar-refractivity contribution >= 4 is 27.3 Å². The number of halogens is 1. The van der Waals surface area contributed by atoms with Gasteiger partial charge in [-0.15, -0.1) is 0 Å². The molecule has 5 nitrogen and oxygen atoms in total. The lowest BCUT2D eigenvalue weighted by Crippen LogP contribution is -2.46. The predicted molar refractivity (Wildman–Crippen MR) is 120 cm³/mol. The summed E-state index contributed by atoms with van der Waals surface area (Å²) in [4.78, 5) is 15.0. The highest BCUT2D eigenvalue weighted by molar-refractivity contribution is 7.91. The largest absolute Gasteiger partial charge is 0.481 e. The number of hydrogen-bond donors (Lipinski definition) is 0. The van der Waals surface area contributed by atoms with E-state index in [0.29, 0.717) is 23.7 Å². The summed E-state index contributed by atoms with van der Waals surface area (Å²) in [7, 11) is -3.12. The van der Waals surface area contributed by atoms with Gasteiger partial charge in [0.05, 0.1) is 11.5 Å². The van der Waals surface area contributed by atoms with Crippen molar-refractivity contribution in [2.45, 2.75) is 52.3 Å². The first kappa shape index (κ1) is 22.6. The molecule has 1 heterocycles. The van der Waals surface area contributed by atoms with Crippen molar-refractivity contribution in [3.8, 4) is 5.75 Å². The van der Waals surface area contributed by atoms with E-state index in [1.54, 1.807) is 30.0 Å². The lowest BCUT2D eigenvalue weighted by Gasteiger charge is -2.31. The highest BCUT2D eigenvalue weighted by Crippen LogP contribution is 2.25. The Morgan fingerprint density at radius 2 is 1.87 bits per heavy atom. The minimum absolute atomic E-state index is 0.00143. The van der Waals surface area contributed by atoms with Crippen molar-refractivity contribution in [1.29, 1.82) is 0 Å². The lowest BCUT2D eigenvalue weighted by atomic mass is 10.1. The van der Waals surface area contributed by atoms with E-state index >= 15 is 0 Å². The van der Waals surface area contributed by atoms with Crippen LogP contribution in [-0.2, 0) is 27.6 Å². The molecule has 0 radical (unpaired) electrons. The van der Waals surface area contributed by atoms with Crippen LogP contribution in [0.2, 0.25) is 5.02 Å². The molecular formula is C23H28ClNO4S. The highest BCUT2D eigenvalue weighted by Gasteiger charge is 2.36. The first-order chi connectivity index (χ1) is 14.2. The van der Waals surface area contributed by atoms with Crippen LogP contribution in [0.25, 0.3) is 0 Å². The second-order valence-corrected chi connectivity index (χ2v) is 10.5. The topological polar surface area (TPSA) is 63.7 Å². The van der Waals surface area contributed by atoms with Gasteiger partial charge in [-0.1, -0.05) is 42.8 Å². The average molecular weight is 450 g/mol. The van der Waals surface area contributed by atoms with Gasteiger partial charge < -0.3 is 9.64 Å². The van der Waals surface area contributed by atoms with Gasteiger partial charge in [-0.05, 0) is 61.6 Å². The third-order valence-electron chi connectivity index (χ3n) is 5.51. The van der Waals surface area contributed by atoms with E-state index in [0.717, 1.165) is 17.5 Å². The maximum atomic E-state index is 13.3. The molecular weight excluding hydrogens is 422 g/mol. The molecule has 0 bridgehead atoms. The van der Waals surface area contributed by atoms with Crippen molar-refractivity contribution in [2.24, 2.45) is 0 Å². The summed E-state index contributed by atoms with van der Waals surface area (Å²) in [6.45, 7) is 6.02. The third kappa shape index (κ3) is 5.55. The molecule has 1 fully saturated rings. The first-order valence-electron chi connectivity index (χ1n) is 10.2. The number of nitrogens with zero attached hydrogens (tertiary/aromatic N) is 1. The molecule has 0 spiro atoms. The number of sulfone groups is 1. The zero-order valence-corrected chi connectivity index (χ0v) is 19.2. The van der Waals surface area contributed by atoms with Crippen LogP contribution in [0.3, 0.4) is 0 Å². The molecule has 1 aliphatic rings. The van der Waals surface area contributed by atoms with Gasteiger partial charge >= 0.3 is 0 Å². The minimum Gasteiger partial charge on any atom is -0.481 e. The maximum Gasteiger partial charge on any atom is 0.263 e. The minimum atomic E-state index is -3.12. The number of benzene rings is 2. The van der Waals surface area contributed by atoms with Crippen LogP contribution < -0.4 is 4.74 Å². The Morgan fingerprint density at radius 1 is 1.20 bits per heavy atom. The molecule has 7 heteroatoms. The number of hydrogen-bond acceptors (Lipinski definition) is 4. The highest BCUT2D eigenvalue weighted by atomic mass is 35.5. The SMILES string of the molecule is CCc1ccc(CN(C(=O)C(C)Oc2ccc(Cl)c(C)c2)C2CCS(=O)(=O)C2)cc1. The molecule has 30 heavy (non-hydrogen) atoms. The van der Waals surface area contributed by atoms with Gasteiger partial charge in [0.15, 0.2) is 15.9 Å². The van der Waals surface area contributed by atoms with Crippen LogP contribution in [0.1, 0.15) is 37.0 Å². The van der Waals surface area contributed by atoms with Gasteiger partial charge in [0.25, 0.3) is 5.91 Å². The fourth-order valence-corrected chi connectivity index (χ4v) is 5.51. The van der Waals surface area contributed by atoms with Crippen molar-refractivity contribution in [3.05, 3.63) is 64.2 Å². The molecule has 3 rings (SSSR count). The Bertz CT molecular complexity index is 1000. The summed E-state index contributed by atoms with van der Waals surface area (Å²) in [5.74, 6) is 0.453. The molecule has 2 atom stereocenters. The predicted octanol–water partition coefficient (Wildman–Crippen LogP) is 4.19. The van der Waals surface area contributed by atoms with Gasteiger partial charge in [-0.25, -0.2) is 8.42 Å². The molecule has 1 amide bonds. The summed E-state index contributed by atoms with van der Waals surface area (Å²) in [5.41, 5.74) is 3.05. The normalized spacial score (nSPS) is 18.7.